The number of carbonyl (C=O) groups excluding carboxylic acids is 1. The monoisotopic (exact) mass is 560 g/mol. The van der Waals surface area contributed by atoms with Crippen LogP contribution >= 0.6 is 22.9 Å². The summed E-state index contributed by atoms with van der Waals surface area (Å²) in [5.41, 5.74) is 3.16. The Morgan fingerprint density at radius 3 is 2.42 bits per heavy atom. The lowest BCUT2D eigenvalue weighted by Crippen LogP contribution is -2.33. The molecule has 4 rings (SSSR count). The first-order chi connectivity index (χ1) is 18.1. The molecule has 1 aliphatic heterocycles. The summed E-state index contributed by atoms with van der Waals surface area (Å²) in [5, 5.41) is 18.2. The third-order valence-electron chi connectivity index (χ3n) is 6.34. The molecule has 204 valence electrons. The summed E-state index contributed by atoms with van der Waals surface area (Å²) in [4.78, 5) is 27.1. The van der Waals surface area contributed by atoms with Crippen molar-refractivity contribution in [3.8, 4) is 10.6 Å². The van der Waals surface area contributed by atoms with E-state index in [0.717, 1.165) is 60.5 Å². The van der Waals surface area contributed by atoms with Crippen LogP contribution in [-0.2, 0) is 4.79 Å². The molecule has 0 aliphatic carbocycles. The third-order valence-corrected chi connectivity index (χ3v) is 7.63. The predicted octanol–water partition coefficient (Wildman–Crippen LogP) is 6.47. The molecule has 2 aromatic carbocycles. The molecule has 2 heterocycles. The number of hydrogen-bond acceptors (Lipinski definition) is 6. The lowest BCUT2D eigenvalue weighted by atomic mass is 9.98. The molecule has 38 heavy (non-hydrogen) atoms. The normalized spacial score (nSPS) is 14.1. The number of halogens is 2. The number of carboxylic acids is 1. The summed E-state index contributed by atoms with van der Waals surface area (Å²) in [6.45, 7) is 8.37. The van der Waals surface area contributed by atoms with Gasteiger partial charge in [-0.05, 0) is 77.5 Å². The van der Waals surface area contributed by atoms with Crippen molar-refractivity contribution >= 4 is 39.9 Å². The van der Waals surface area contributed by atoms with Gasteiger partial charge in [0.25, 0.3) is 5.91 Å². The Labute approximate surface area is 232 Å². The first-order valence-electron chi connectivity index (χ1n) is 12.7. The van der Waals surface area contributed by atoms with Crippen molar-refractivity contribution in [2.75, 3.05) is 31.6 Å². The maximum Gasteiger partial charge on any atom is 0.306 e. The molecule has 0 unspecified atom stereocenters. The largest absolute Gasteiger partial charge is 0.481 e. The molecule has 0 saturated carbocycles. The smallest absolute Gasteiger partial charge is 0.306 e. The van der Waals surface area contributed by atoms with Crippen molar-refractivity contribution in [2.45, 2.75) is 46.5 Å². The van der Waals surface area contributed by atoms with E-state index in [1.54, 1.807) is 6.07 Å². The van der Waals surface area contributed by atoms with Gasteiger partial charge in [0.15, 0.2) is 5.82 Å². The number of hydrogen-bond donors (Lipinski definition) is 1. The van der Waals surface area contributed by atoms with Gasteiger partial charge in [-0.2, -0.15) is 0 Å². The quantitative estimate of drug-likeness (QED) is 0.356. The number of likely N-dealkylation sites (tertiary alicyclic amines) is 1. The number of rotatable bonds is 7. The lowest BCUT2D eigenvalue weighted by molar-refractivity contribution is -0.143. The molecule has 0 radical (unpaired) electrons. The second-order valence-corrected chi connectivity index (χ2v) is 11.0. The summed E-state index contributed by atoms with van der Waals surface area (Å²) in [5.74, 6) is -1.89. The molecule has 7 nitrogen and oxygen atoms in total. The molecule has 1 amide bonds. The second kappa shape index (κ2) is 13.8. The van der Waals surface area contributed by atoms with Crippen molar-refractivity contribution in [2.24, 2.45) is 5.92 Å². The zero-order valence-electron chi connectivity index (χ0n) is 22.2. The Morgan fingerprint density at radius 2 is 1.82 bits per heavy atom. The van der Waals surface area contributed by atoms with Crippen LogP contribution in [0.3, 0.4) is 0 Å². The molecular weight excluding hydrogens is 527 g/mol. The highest BCUT2D eigenvalue weighted by atomic mass is 35.5. The van der Waals surface area contributed by atoms with Gasteiger partial charge in [0.1, 0.15) is 5.01 Å². The van der Waals surface area contributed by atoms with Gasteiger partial charge < -0.3 is 10.0 Å². The average Bonchev–Trinajstić information content (AvgIpc) is 3.36. The number of carbonyl (C=O) groups is 2. The van der Waals surface area contributed by atoms with Gasteiger partial charge >= 0.3 is 5.97 Å². The average molecular weight is 561 g/mol. The van der Waals surface area contributed by atoms with Crippen LogP contribution in [0.25, 0.3) is 10.6 Å². The van der Waals surface area contributed by atoms with Crippen LogP contribution in [0, 0.1) is 25.6 Å². The van der Waals surface area contributed by atoms with Crippen LogP contribution in [-0.4, -0.2) is 58.8 Å². The minimum absolute atomic E-state index is 0.0632. The van der Waals surface area contributed by atoms with Crippen molar-refractivity contribution in [1.29, 1.82) is 0 Å². The van der Waals surface area contributed by atoms with Crippen LogP contribution in [0.2, 0.25) is 5.02 Å². The van der Waals surface area contributed by atoms with Gasteiger partial charge in [0, 0.05) is 12.1 Å². The minimum Gasteiger partial charge on any atom is -0.481 e. The molecule has 0 bridgehead atoms. The number of aliphatic carboxylic acids is 1. The van der Waals surface area contributed by atoms with E-state index in [9.17, 15) is 14.0 Å². The standard InChI is InChI=1S/C21H21ClFN3OS.C7H13NO2/c1-4-5-9-26(20(27)16-7-6-8-17(22)18(16)23)21-25-24-19(28-21)15-11-13(2)10-14(3)12-15;1-8-4-2-6(3-5-8)7(9)10/h6-8,10-12H,4-5,9H2,1-3H3;6H,2-5H2,1H3,(H,9,10). The van der Waals surface area contributed by atoms with Gasteiger partial charge in [0.05, 0.1) is 16.5 Å². The van der Waals surface area contributed by atoms with E-state index < -0.39 is 17.7 Å². The molecule has 0 atom stereocenters. The second-order valence-electron chi connectivity index (χ2n) is 9.59. The molecule has 1 aliphatic rings. The molecule has 1 fully saturated rings. The maximum absolute atomic E-state index is 14.4. The van der Waals surface area contributed by atoms with Crippen LogP contribution in [0.5, 0.6) is 0 Å². The first kappa shape index (κ1) is 29.7. The van der Waals surface area contributed by atoms with Gasteiger partial charge in [-0.25, -0.2) is 4.39 Å². The Balaban J connectivity index is 0.000000336. The fourth-order valence-electron chi connectivity index (χ4n) is 4.21. The van der Waals surface area contributed by atoms with Gasteiger partial charge in [-0.15, -0.1) is 10.2 Å². The maximum atomic E-state index is 14.4. The highest BCUT2D eigenvalue weighted by Gasteiger charge is 2.25. The fraction of sp³-hybridized carbons (Fsp3) is 0.429. The minimum atomic E-state index is -0.713. The lowest BCUT2D eigenvalue weighted by Gasteiger charge is -2.25. The zero-order chi connectivity index (χ0) is 27.8. The van der Waals surface area contributed by atoms with Crippen LogP contribution < -0.4 is 4.90 Å². The summed E-state index contributed by atoms with van der Waals surface area (Å²) in [6.07, 6.45) is 3.29. The summed E-state index contributed by atoms with van der Waals surface area (Å²) >= 11 is 7.18. The molecule has 1 saturated heterocycles. The SMILES string of the molecule is CCCCN(C(=O)c1cccc(Cl)c1F)c1nnc(-c2cc(C)cc(C)c2)s1.CN1CCC(C(=O)O)CC1. The fourth-order valence-corrected chi connectivity index (χ4v) is 5.24. The molecule has 3 aromatic rings. The Kier molecular flexibility index (Phi) is 10.8. The van der Waals surface area contributed by atoms with E-state index in [0.29, 0.717) is 11.7 Å². The van der Waals surface area contributed by atoms with Gasteiger partial charge in [-0.1, -0.05) is 59.5 Å². The van der Waals surface area contributed by atoms with Crippen molar-refractivity contribution in [3.63, 3.8) is 0 Å². The number of carboxylic acid groups (broad SMARTS) is 1. The van der Waals surface area contributed by atoms with E-state index in [-0.39, 0.29) is 16.5 Å². The highest BCUT2D eigenvalue weighted by molar-refractivity contribution is 7.18. The third kappa shape index (κ3) is 7.82. The summed E-state index contributed by atoms with van der Waals surface area (Å²) < 4.78 is 14.4. The molecule has 1 N–H and O–H groups in total. The van der Waals surface area contributed by atoms with Gasteiger partial charge in [-0.3, -0.25) is 14.5 Å². The Bertz CT molecular complexity index is 1240. The number of benzene rings is 2. The number of nitrogens with zero attached hydrogens (tertiary/aromatic N) is 4. The van der Waals surface area contributed by atoms with E-state index in [4.69, 9.17) is 16.7 Å². The molecular formula is C28H34ClFN4O3S. The Morgan fingerprint density at radius 1 is 1.16 bits per heavy atom. The van der Waals surface area contributed by atoms with Crippen molar-refractivity contribution in [1.82, 2.24) is 15.1 Å². The van der Waals surface area contributed by atoms with Crippen LogP contribution in [0.1, 0.15) is 54.1 Å². The number of unbranched alkanes of at least 4 members (excludes halogenated alkanes) is 1. The van der Waals surface area contributed by atoms with Crippen molar-refractivity contribution in [3.05, 3.63) is 63.9 Å². The summed E-state index contributed by atoms with van der Waals surface area (Å²) in [6, 6.07) is 10.6. The molecule has 10 heteroatoms. The van der Waals surface area contributed by atoms with E-state index in [1.165, 1.54) is 28.4 Å². The number of aryl methyl sites for hydroxylation is 2. The number of aromatic nitrogens is 2. The Hall–Kier alpha value is -2.88. The van der Waals surface area contributed by atoms with E-state index >= 15 is 0 Å². The van der Waals surface area contributed by atoms with Crippen LogP contribution in [0.15, 0.2) is 36.4 Å². The van der Waals surface area contributed by atoms with E-state index in [2.05, 4.69) is 21.2 Å². The highest BCUT2D eigenvalue weighted by Crippen LogP contribution is 2.31. The number of amides is 1. The molecule has 0 spiro atoms. The predicted molar refractivity (Wildman–Crippen MR) is 151 cm³/mol. The zero-order valence-corrected chi connectivity index (χ0v) is 23.8. The number of anilines is 1. The topological polar surface area (TPSA) is 86.6 Å². The van der Waals surface area contributed by atoms with Crippen molar-refractivity contribution < 1.29 is 19.1 Å². The van der Waals surface area contributed by atoms with Gasteiger partial charge in [0.2, 0.25) is 5.13 Å². The van der Waals surface area contributed by atoms with Crippen LogP contribution in [0.4, 0.5) is 9.52 Å². The first-order valence-corrected chi connectivity index (χ1v) is 13.9. The molecule has 1 aromatic heterocycles. The summed E-state index contributed by atoms with van der Waals surface area (Å²) in [7, 11) is 2.03. The van der Waals surface area contributed by atoms with E-state index in [1.807, 2.05) is 40.0 Å². The number of piperidine rings is 1.